The van der Waals surface area contributed by atoms with Crippen molar-refractivity contribution in [2.24, 2.45) is 10.9 Å². The normalized spacial score (nSPS) is 19.2. The third-order valence-electron chi connectivity index (χ3n) is 4.41. The van der Waals surface area contributed by atoms with Crippen molar-refractivity contribution in [3.63, 3.8) is 0 Å². The van der Waals surface area contributed by atoms with E-state index in [1.54, 1.807) is 7.05 Å². The fourth-order valence-corrected chi connectivity index (χ4v) is 3.10. The molecule has 0 saturated carbocycles. The van der Waals surface area contributed by atoms with Crippen molar-refractivity contribution in [1.82, 2.24) is 16.0 Å². The lowest BCUT2D eigenvalue weighted by molar-refractivity contribution is 0.0527. The molecule has 164 valence electrons. The number of ether oxygens (including phenoxy) is 2. The van der Waals surface area contributed by atoms with Gasteiger partial charge in [0.15, 0.2) is 5.96 Å². The molecule has 0 aromatic heterocycles. The fraction of sp³-hybridized carbons (Fsp3) is 0.619. The van der Waals surface area contributed by atoms with Gasteiger partial charge < -0.3 is 25.4 Å². The molecule has 0 bridgehead atoms. The van der Waals surface area contributed by atoms with Crippen molar-refractivity contribution >= 4 is 36.0 Å². The highest BCUT2D eigenvalue weighted by Crippen LogP contribution is 2.33. The minimum absolute atomic E-state index is 0. The van der Waals surface area contributed by atoms with E-state index in [2.05, 4.69) is 33.1 Å². The molecule has 8 heteroatoms. The average Bonchev–Trinajstić information content (AvgIpc) is 3.12. The minimum Gasteiger partial charge on any atom is -0.444 e. The lowest BCUT2D eigenvalue weighted by Gasteiger charge is -2.21. The number of hydrogen-bond donors (Lipinski definition) is 3. The molecule has 1 saturated heterocycles. The summed E-state index contributed by atoms with van der Waals surface area (Å²) < 4.78 is 11.1. The zero-order valence-electron chi connectivity index (χ0n) is 17.9. The summed E-state index contributed by atoms with van der Waals surface area (Å²) in [6.45, 7) is 8.39. The largest absolute Gasteiger partial charge is 0.444 e. The van der Waals surface area contributed by atoms with Crippen LogP contribution in [0.15, 0.2) is 35.3 Å². The summed E-state index contributed by atoms with van der Waals surface area (Å²) in [4.78, 5) is 15.9. The molecule has 1 aliphatic rings. The number of halogens is 1. The Balaban J connectivity index is 0.00000420. The Morgan fingerprint density at radius 3 is 2.52 bits per heavy atom. The van der Waals surface area contributed by atoms with E-state index in [9.17, 15) is 4.79 Å². The van der Waals surface area contributed by atoms with Gasteiger partial charge in [0.2, 0.25) is 0 Å². The van der Waals surface area contributed by atoms with E-state index in [0.717, 1.165) is 32.0 Å². The molecule has 1 fully saturated rings. The molecule has 1 aromatic rings. The van der Waals surface area contributed by atoms with Gasteiger partial charge in [-0.3, -0.25) is 4.99 Å². The summed E-state index contributed by atoms with van der Waals surface area (Å²) in [6, 6.07) is 10.4. The van der Waals surface area contributed by atoms with Crippen molar-refractivity contribution in [3.05, 3.63) is 35.9 Å². The van der Waals surface area contributed by atoms with Crippen LogP contribution in [0.25, 0.3) is 0 Å². The SMILES string of the molecule is CN=C(NCCCNC(=O)OC(C)(C)C)NCC1CCOC1c1ccccc1.I. The topological polar surface area (TPSA) is 84.0 Å². The number of benzene rings is 1. The molecular formula is C21H35IN4O3. The molecule has 7 nitrogen and oxygen atoms in total. The van der Waals surface area contributed by atoms with Gasteiger partial charge in [-0.15, -0.1) is 24.0 Å². The summed E-state index contributed by atoms with van der Waals surface area (Å²) >= 11 is 0. The molecule has 2 atom stereocenters. The second-order valence-electron chi connectivity index (χ2n) is 7.91. The van der Waals surface area contributed by atoms with Gasteiger partial charge in [-0.1, -0.05) is 30.3 Å². The Bertz CT molecular complexity index is 635. The van der Waals surface area contributed by atoms with Gasteiger partial charge in [0.25, 0.3) is 0 Å². The summed E-state index contributed by atoms with van der Waals surface area (Å²) in [5.41, 5.74) is 0.749. The third-order valence-corrected chi connectivity index (χ3v) is 4.41. The first kappa shape index (κ1) is 25.5. The van der Waals surface area contributed by atoms with E-state index < -0.39 is 5.60 Å². The van der Waals surface area contributed by atoms with Gasteiger partial charge in [-0.05, 0) is 39.2 Å². The monoisotopic (exact) mass is 518 g/mol. The lowest BCUT2D eigenvalue weighted by Crippen LogP contribution is -2.41. The Morgan fingerprint density at radius 2 is 1.86 bits per heavy atom. The van der Waals surface area contributed by atoms with E-state index in [1.165, 1.54) is 5.56 Å². The van der Waals surface area contributed by atoms with E-state index in [4.69, 9.17) is 9.47 Å². The molecule has 0 radical (unpaired) electrons. The number of hydrogen-bond acceptors (Lipinski definition) is 4. The Labute approximate surface area is 191 Å². The maximum absolute atomic E-state index is 11.6. The Kier molecular flexibility index (Phi) is 11.3. The van der Waals surface area contributed by atoms with Gasteiger partial charge in [0.1, 0.15) is 5.60 Å². The minimum atomic E-state index is -0.476. The number of guanidine groups is 1. The van der Waals surface area contributed by atoms with Crippen LogP contribution >= 0.6 is 24.0 Å². The number of nitrogens with one attached hydrogen (secondary N) is 3. The number of rotatable bonds is 7. The predicted molar refractivity (Wildman–Crippen MR) is 127 cm³/mol. The fourth-order valence-electron chi connectivity index (χ4n) is 3.10. The summed E-state index contributed by atoms with van der Waals surface area (Å²) in [5.74, 6) is 1.17. The molecule has 29 heavy (non-hydrogen) atoms. The van der Waals surface area contributed by atoms with Gasteiger partial charge in [-0.25, -0.2) is 4.79 Å². The van der Waals surface area contributed by atoms with Crippen LogP contribution < -0.4 is 16.0 Å². The first-order valence-corrected chi connectivity index (χ1v) is 9.97. The average molecular weight is 518 g/mol. The predicted octanol–water partition coefficient (Wildman–Crippen LogP) is 3.46. The lowest BCUT2D eigenvalue weighted by atomic mass is 9.95. The standard InChI is InChI=1S/C21H34N4O3.HI/c1-21(2,3)28-20(26)24-13-8-12-23-19(22-4)25-15-17-11-14-27-18(17)16-9-6-5-7-10-16;/h5-7,9-10,17-18H,8,11-15H2,1-4H3,(H,24,26)(H2,22,23,25);1H. The van der Waals surface area contributed by atoms with Crippen LogP contribution in [0.5, 0.6) is 0 Å². The van der Waals surface area contributed by atoms with Crippen LogP contribution in [0.2, 0.25) is 0 Å². The molecule has 0 spiro atoms. The Morgan fingerprint density at radius 1 is 1.17 bits per heavy atom. The van der Waals surface area contributed by atoms with Gasteiger partial charge in [0.05, 0.1) is 6.10 Å². The van der Waals surface area contributed by atoms with Crippen LogP contribution in [0, 0.1) is 5.92 Å². The van der Waals surface area contributed by atoms with Crippen LogP contribution in [-0.2, 0) is 9.47 Å². The number of amides is 1. The van der Waals surface area contributed by atoms with Crippen molar-refractivity contribution in [2.45, 2.75) is 45.3 Å². The summed E-state index contributed by atoms with van der Waals surface area (Å²) in [6.07, 6.45) is 1.55. The molecule has 2 rings (SSSR count). The molecule has 2 unspecified atom stereocenters. The van der Waals surface area contributed by atoms with Crippen molar-refractivity contribution in [1.29, 1.82) is 0 Å². The van der Waals surface area contributed by atoms with E-state index in [-0.39, 0.29) is 36.2 Å². The number of alkyl carbamates (subject to hydrolysis) is 1. The summed E-state index contributed by atoms with van der Waals surface area (Å²) in [7, 11) is 1.76. The third kappa shape index (κ3) is 9.66. The number of aliphatic imine (C=N–C) groups is 1. The van der Waals surface area contributed by atoms with E-state index >= 15 is 0 Å². The van der Waals surface area contributed by atoms with Crippen LogP contribution in [0.4, 0.5) is 4.79 Å². The van der Waals surface area contributed by atoms with Gasteiger partial charge in [-0.2, -0.15) is 0 Å². The molecule has 1 aromatic carbocycles. The zero-order valence-corrected chi connectivity index (χ0v) is 20.2. The van der Waals surface area contributed by atoms with E-state index in [0.29, 0.717) is 19.0 Å². The molecular weight excluding hydrogens is 483 g/mol. The van der Waals surface area contributed by atoms with Crippen LogP contribution in [0.1, 0.15) is 45.3 Å². The zero-order chi connectivity index (χ0) is 20.4. The second-order valence-corrected chi connectivity index (χ2v) is 7.91. The maximum Gasteiger partial charge on any atom is 0.407 e. The van der Waals surface area contributed by atoms with Crippen molar-refractivity contribution in [2.75, 3.05) is 33.3 Å². The number of carbonyl (C=O) groups is 1. The Hall–Kier alpha value is -1.55. The number of carbonyl (C=O) groups excluding carboxylic acids is 1. The van der Waals surface area contributed by atoms with Crippen molar-refractivity contribution < 1.29 is 14.3 Å². The van der Waals surface area contributed by atoms with Crippen molar-refractivity contribution in [3.8, 4) is 0 Å². The first-order chi connectivity index (χ1) is 13.4. The second kappa shape index (κ2) is 12.9. The first-order valence-electron chi connectivity index (χ1n) is 9.97. The quantitative estimate of drug-likeness (QED) is 0.223. The van der Waals surface area contributed by atoms with Crippen LogP contribution in [0.3, 0.4) is 0 Å². The highest BCUT2D eigenvalue weighted by molar-refractivity contribution is 14.0. The number of nitrogens with zero attached hydrogens (tertiary/aromatic N) is 1. The molecule has 1 heterocycles. The van der Waals surface area contributed by atoms with Gasteiger partial charge >= 0.3 is 6.09 Å². The highest BCUT2D eigenvalue weighted by atomic mass is 127. The van der Waals surface area contributed by atoms with E-state index in [1.807, 2.05) is 39.0 Å². The molecule has 3 N–H and O–H groups in total. The smallest absolute Gasteiger partial charge is 0.407 e. The molecule has 1 amide bonds. The summed E-state index contributed by atoms with van der Waals surface area (Å²) in [5, 5.41) is 9.42. The van der Waals surface area contributed by atoms with Crippen LogP contribution in [-0.4, -0.2) is 50.9 Å². The highest BCUT2D eigenvalue weighted by Gasteiger charge is 2.29. The molecule has 1 aliphatic heterocycles. The molecule has 0 aliphatic carbocycles. The maximum atomic E-state index is 11.6. The van der Waals surface area contributed by atoms with Gasteiger partial charge in [0, 0.05) is 39.2 Å².